The van der Waals surface area contributed by atoms with Crippen LogP contribution in [0.5, 0.6) is 5.75 Å². The molecule has 1 N–H and O–H groups in total. The molecule has 0 saturated carbocycles. The molecule has 0 fully saturated rings. The van der Waals surface area contributed by atoms with Crippen molar-refractivity contribution in [2.45, 2.75) is 39.8 Å². The number of benzene rings is 3. The second-order valence-electron chi connectivity index (χ2n) is 8.49. The average molecular weight is 479 g/mol. The minimum atomic E-state index is -0.683. The SMILES string of the molecule is CNC(=O)[C@H](Cc1ccccc1)N(Cc1cccc(C)c1)C(=O)COc1cc(C)c(Cl)c(C)c1. The van der Waals surface area contributed by atoms with Crippen LogP contribution < -0.4 is 10.1 Å². The lowest BCUT2D eigenvalue weighted by Gasteiger charge is -2.31. The first kappa shape index (κ1) is 25.3. The molecule has 2 amide bonds. The molecule has 6 heteroatoms. The van der Waals surface area contributed by atoms with Crippen molar-refractivity contribution in [1.82, 2.24) is 10.2 Å². The van der Waals surface area contributed by atoms with Crippen molar-refractivity contribution in [3.05, 3.63) is 99.6 Å². The van der Waals surface area contributed by atoms with Gasteiger partial charge in [0.05, 0.1) is 0 Å². The molecule has 0 aromatic heterocycles. The van der Waals surface area contributed by atoms with Gasteiger partial charge in [-0.25, -0.2) is 0 Å². The molecule has 3 aromatic carbocycles. The van der Waals surface area contributed by atoms with Gasteiger partial charge in [0.15, 0.2) is 6.61 Å². The lowest BCUT2D eigenvalue weighted by molar-refractivity contribution is -0.142. The molecule has 0 spiro atoms. The van der Waals surface area contributed by atoms with Crippen LogP contribution in [0.3, 0.4) is 0 Å². The zero-order valence-corrected chi connectivity index (χ0v) is 20.9. The van der Waals surface area contributed by atoms with Crippen molar-refractivity contribution in [2.75, 3.05) is 13.7 Å². The standard InChI is InChI=1S/C28H31ClN2O3/c1-19-9-8-12-23(13-19)17-31(25(28(33)30-4)16-22-10-6-5-7-11-22)26(32)18-34-24-14-20(2)27(29)21(3)15-24/h5-15,25H,16-18H2,1-4H3,(H,30,33)/t25-/m0/s1. The van der Waals surface area contributed by atoms with Crippen LogP contribution in [0, 0.1) is 20.8 Å². The molecular formula is C28H31ClN2O3. The van der Waals surface area contributed by atoms with Gasteiger partial charge in [0.1, 0.15) is 11.8 Å². The minimum Gasteiger partial charge on any atom is -0.484 e. The molecule has 0 radical (unpaired) electrons. The number of rotatable bonds is 9. The van der Waals surface area contributed by atoms with E-state index in [4.69, 9.17) is 16.3 Å². The van der Waals surface area contributed by atoms with E-state index in [1.165, 1.54) is 0 Å². The third kappa shape index (κ3) is 6.61. The van der Waals surface area contributed by atoms with Gasteiger partial charge in [-0.15, -0.1) is 0 Å². The average Bonchev–Trinajstić information content (AvgIpc) is 2.83. The van der Waals surface area contributed by atoms with Crippen molar-refractivity contribution in [2.24, 2.45) is 0 Å². The Hall–Kier alpha value is -3.31. The number of ether oxygens (including phenoxy) is 1. The highest BCUT2D eigenvalue weighted by atomic mass is 35.5. The molecule has 5 nitrogen and oxygen atoms in total. The summed E-state index contributed by atoms with van der Waals surface area (Å²) in [7, 11) is 1.59. The third-order valence-electron chi connectivity index (χ3n) is 5.73. The van der Waals surface area contributed by atoms with Crippen LogP contribution in [0.15, 0.2) is 66.7 Å². The van der Waals surface area contributed by atoms with Crippen molar-refractivity contribution >= 4 is 23.4 Å². The summed E-state index contributed by atoms with van der Waals surface area (Å²) in [5.41, 5.74) is 4.78. The Morgan fingerprint density at radius 2 is 1.59 bits per heavy atom. The number of amides is 2. The van der Waals surface area contributed by atoms with E-state index in [2.05, 4.69) is 5.32 Å². The predicted molar refractivity (Wildman–Crippen MR) is 136 cm³/mol. The molecule has 1 atom stereocenters. The largest absolute Gasteiger partial charge is 0.484 e. The quantitative estimate of drug-likeness (QED) is 0.469. The smallest absolute Gasteiger partial charge is 0.261 e. The van der Waals surface area contributed by atoms with Crippen LogP contribution in [0.25, 0.3) is 0 Å². The number of nitrogens with one attached hydrogen (secondary N) is 1. The van der Waals surface area contributed by atoms with Crippen LogP contribution in [0.4, 0.5) is 0 Å². The van der Waals surface area contributed by atoms with Gasteiger partial charge in [0.25, 0.3) is 5.91 Å². The Morgan fingerprint density at radius 3 is 2.21 bits per heavy atom. The number of carbonyl (C=O) groups is 2. The lowest BCUT2D eigenvalue weighted by Crippen LogP contribution is -2.51. The summed E-state index contributed by atoms with van der Waals surface area (Å²) >= 11 is 6.26. The molecule has 0 unspecified atom stereocenters. The number of halogens is 1. The maximum Gasteiger partial charge on any atom is 0.261 e. The summed E-state index contributed by atoms with van der Waals surface area (Å²) in [4.78, 5) is 28.1. The Bertz CT molecular complexity index is 1120. The minimum absolute atomic E-state index is 0.186. The first-order valence-electron chi connectivity index (χ1n) is 11.3. The Labute approximate surface area is 206 Å². The van der Waals surface area contributed by atoms with E-state index >= 15 is 0 Å². The molecule has 0 bridgehead atoms. The van der Waals surface area contributed by atoms with Crippen LogP contribution in [0.2, 0.25) is 5.02 Å². The van der Waals surface area contributed by atoms with Crippen molar-refractivity contribution in [1.29, 1.82) is 0 Å². The van der Waals surface area contributed by atoms with E-state index < -0.39 is 6.04 Å². The van der Waals surface area contributed by atoms with Crippen LogP contribution in [-0.4, -0.2) is 36.4 Å². The van der Waals surface area contributed by atoms with Gasteiger partial charge < -0.3 is 15.0 Å². The molecule has 178 valence electrons. The number of hydrogen-bond donors (Lipinski definition) is 1. The summed E-state index contributed by atoms with van der Waals surface area (Å²) in [5.74, 6) is 0.0853. The third-order valence-corrected chi connectivity index (χ3v) is 6.32. The van der Waals surface area contributed by atoms with Crippen LogP contribution in [-0.2, 0) is 22.6 Å². The van der Waals surface area contributed by atoms with E-state index in [0.717, 1.165) is 27.8 Å². The van der Waals surface area contributed by atoms with Crippen molar-refractivity contribution < 1.29 is 14.3 Å². The molecule has 34 heavy (non-hydrogen) atoms. The number of aryl methyl sites for hydroxylation is 3. The molecule has 3 aromatic rings. The van der Waals surface area contributed by atoms with Gasteiger partial charge in [-0.3, -0.25) is 9.59 Å². The summed E-state index contributed by atoms with van der Waals surface area (Å²) in [6.45, 7) is 5.91. The number of nitrogens with zero attached hydrogens (tertiary/aromatic N) is 1. The van der Waals surface area contributed by atoms with E-state index in [9.17, 15) is 9.59 Å². The summed E-state index contributed by atoms with van der Waals surface area (Å²) in [6.07, 6.45) is 0.400. The first-order valence-corrected chi connectivity index (χ1v) is 11.7. The van der Waals surface area contributed by atoms with Gasteiger partial charge >= 0.3 is 0 Å². The fourth-order valence-electron chi connectivity index (χ4n) is 3.95. The maximum absolute atomic E-state index is 13.5. The molecule has 0 saturated heterocycles. The van der Waals surface area contributed by atoms with Gasteiger partial charge in [-0.05, 0) is 55.2 Å². The Morgan fingerprint density at radius 1 is 0.941 bits per heavy atom. The monoisotopic (exact) mass is 478 g/mol. The topological polar surface area (TPSA) is 58.6 Å². The second-order valence-corrected chi connectivity index (χ2v) is 8.87. The number of hydrogen-bond acceptors (Lipinski definition) is 3. The normalized spacial score (nSPS) is 11.6. The van der Waals surface area contributed by atoms with Crippen LogP contribution in [0.1, 0.15) is 27.8 Å². The highest BCUT2D eigenvalue weighted by Crippen LogP contribution is 2.26. The molecule has 0 aliphatic rings. The van der Waals surface area contributed by atoms with E-state index in [1.807, 2.05) is 87.5 Å². The highest BCUT2D eigenvalue weighted by molar-refractivity contribution is 6.32. The van der Waals surface area contributed by atoms with Crippen LogP contribution >= 0.6 is 11.6 Å². The molecular weight excluding hydrogens is 448 g/mol. The molecule has 0 aliphatic carbocycles. The van der Waals surface area contributed by atoms with E-state index in [1.54, 1.807) is 11.9 Å². The van der Waals surface area contributed by atoms with Crippen molar-refractivity contribution in [3.8, 4) is 5.75 Å². The Kier molecular flexibility index (Phi) is 8.72. The summed E-state index contributed by atoms with van der Waals surface area (Å²) in [5, 5.41) is 3.41. The predicted octanol–water partition coefficient (Wildman–Crippen LogP) is 5.03. The lowest BCUT2D eigenvalue weighted by atomic mass is 10.0. The van der Waals surface area contributed by atoms with Crippen molar-refractivity contribution in [3.63, 3.8) is 0 Å². The molecule has 0 heterocycles. The summed E-state index contributed by atoms with van der Waals surface area (Å²) in [6, 6.07) is 20.6. The van der Waals surface area contributed by atoms with Gasteiger partial charge in [-0.2, -0.15) is 0 Å². The second kappa shape index (κ2) is 11.7. The fourth-order valence-corrected chi connectivity index (χ4v) is 4.05. The number of carbonyl (C=O) groups excluding carboxylic acids is 2. The molecule has 0 aliphatic heterocycles. The Balaban J connectivity index is 1.89. The van der Waals surface area contributed by atoms with Gasteiger partial charge in [0, 0.05) is 25.0 Å². The van der Waals surface area contributed by atoms with Gasteiger partial charge in [-0.1, -0.05) is 71.8 Å². The zero-order chi connectivity index (χ0) is 24.7. The zero-order valence-electron chi connectivity index (χ0n) is 20.1. The first-order chi connectivity index (χ1) is 16.3. The van der Waals surface area contributed by atoms with Gasteiger partial charge in [0.2, 0.25) is 5.91 Å². The fraction of sp³-hybridized carbons (Fsp3) is 0.286. The number of likely N-dealkylation sites (N-methyl/N-ethyl adjacent to an activating group) is 1. The highest BCUT2D eigenvalue weighted by Gasteiger charge is 2.30. The molecule has 3 rings (SSSR count). The maximum atomic E-state index is 13.5. The van der Waals surface area contributed by atoms with E-state index in [-0.39, 0.29) is 18.4 Å². The summed E-state index contributed by atoms with van der Waals surface area (Å²) < 4.78 is 5.86. The van der Waals surface area contributed by atoms with E-state index in [0.29, 0.717) is 23.7 Å².